The first-order valence-corrected chi connectivity index (χ1v) is 11.5. The molecule has 0 unspecified atom stereocenters. The number of aliphatic hydroxyl groups excluding tert-OH is 1. The van der Waals surface area contributed by atoms with Gasteiger partial charge >= 0.3 is 0 Å². The van der Waals surface area contributed by atoms with Crippen LogP contribution in [0, 0.1) is 5.82 Å². The monoisotopic (exact) mass is 469 g/mol. The highest BCUT2D eigenvalue weighted by molar-refractivity contribution is 5.78. The Hall–Kier alpha value is -3.08. The van der Waals surface area contributed by atoms with Crippen LogP contribution in [0.25, 0.3) is 11.0 Å². The number of ether oxygens (including phenoxy) is 3. The highest BCUT2D eigenvalue weighted by atomic mass is 19.1. The second-order valence-corrected chi connectivity index (χ2v) is 8.52. The predicted octanol–water partition coefficient (Wildman–Crippen LogP) is 1.71. The molecule has 5 heterocycles. The van der Waals surface area contributed by atoms with Crippen LogP contribution in [0.4, 0.5) is 4.39 Å². The Morgan fingerprint density at radius 1 is 1.21 bits per heavy atom. The van der Waals surface area contributed by atoms with Crippen molar-refractivity contribution >= 4 is 11.0 Å². The van der Waals surface area contributed by atoms with Crippen molar-refractivity contribution in [2.75, 3.05) is 40.0 Å². The van der Waals surface area contributed by atoms with E-state index in [-0.39, 0.29) is 11.9 Å². The first kappa shape index (κ1) is 22.7. The first-order valence-electron chi connectivity index (χ1n) is 11.5. The molecule has 10 heteroatoms. The highest BCUT2D eigenvalue weighted by Gasteiger charge is 2.27. The summed E-state index contributed by atoms with van der Waals surface area (Å²) in [5.74, 6) is 1.42. The quantitative estimate of drug-likeness (QED) is 0.535. The number of nitrogens with one attached hydrogen (secondary N) is 1. The van der Waals surface area contributed by atoms with Crippen molar-refractivity contribution < 1.29 is 23.7 Å². The molecule has 0 amide bonds. The van der Waals surface area contributed by atoms with Crippen LogP contribution < -0.4 is 19.5 Å². The van der Waals surface area contributed by atoms with E-state index in [1.165, 1.54) is 13.3 Å². The number of rotatable bonds is 7. The van der Waals surface area contributed by atoms with E-state index in [9.17, 15) is 9.50 Å². The van der Waals surface area contributed by atoms with E-state index in [0.717, 1.165) is 18.7 Å². The van der Waals surface area contributed by atoms with Crippen LogP contribution in [0.1, 0.15) is 17.7 Å². The maximum atomic E-state index is 14.6. The number of nitrogens with zero attached hydrogens (tertiary/aromatic N) is 4. The minimum absolute atomic E-state index is 0.0457. The van der Waals surface area contributed by atoms with Gasteiger partial charge in [-0.25, -0.2) is 9.37 Å². The molecule has 0 spiro atoms. The lowest BCUT2D eigenvalue weighted by Gasteiger charge is -2.36. The summed E-state index contributed by atoms with van der Waals surface area (Å²) in [5, 5.41) is 14.1. The molecule has 34 heavy (non-hydrogen) atoms. The summed E-state index contributed by atoms with van der Waals surface area (Å²) in [4.78, 5) is 15.1. The summed E-state index contributed by atoms with van der Waals surface area (Å²) >= 11 is 0. The van der Waals surface area contributed by atoms with Gasteiger partial charge in [0.15, 0.2) is 11.5 Å². The molecule has 2 N–H and O–H groups in total. The zero-order valence-corrected chi connectivity index (χ0v) is 19.0. The van der Waals surface area contributed by atoms with Crippen LogP contribution in [-0.4, -0.2) is 77.1 Å². The molecule has 0 aliphatic carbocycles. The third kappa shape index (κ3) is 4.89. The molecule has 1 saturated heterocycles. The van der Waals surface area contributed by atoms with Crippen LogP contribution in [0.2, 0.25) is 0 Å². The molecule has 3 aromatic heterocycles. The van der Waals surface area contributed by atoms with Crippen LogP contribution >= 0.6 is 0 Å². The standard InChI is InChI=1S/C24H28FN5O4/c1-32-23-3-2-19-24(29-23)16(17(25)12-28-19)4-6-30-7-5-18(20(31)14-30)27-11-15-10-21-22(13-26-15)34-9-8-33-21/h2-3,10,12-13,18,20,27,31H,4-9,11,14H2,1H3/t18-,20-/m0/s1. The summed E-state index contributed by atoms with van der Waals surface area (Å²) in [7, 11) is 1.53. The SMILES string of the molecule is COc1ccc2ncc(F)c(CCN3CC[C@H](NCc4cc5c(cn4)OCCO5)[C@@H](O)C3)c2n1. The molecular formula is C24H28FN5O4. The van der Waals surface area contributed by atoms with E-state index in [2.05, 4.69) is 25.2 Å². The van der Waals surface area contributed by atoms with Crippen molar-refractivity contribution in [2.24, 2.45) is 0 Å². The lowest BCUT2D eigenvalue weighted by Crippen LogP contribution is -2.52. The first-order chi connectivity index (χ1) is 16.6. The molecular weight excluding hydrogens is 441 g/mol. The van der Waals surface area contributed by atoms with E-state index in [1.54, 1.807) is 18.3 Å². The molecule has 2 aliphatic heterocycles. The third-order valence-corrected chi connectivity index (χ3v) is 6.32. The third-order valence-electron chi connectivity index (χ3n) is 6.32. The van der Waals surface area contributed by atoms with E-state index in [4.69, 9.17) is 14.2 Å². The number of likely N-dealkylation sites (tertiary alicyclic amines) is 1. The van der Waals surface area contributed by atoms with E-state index in [0.29, 0.717) is 73.2 Å². The molecule has 0 saturated carbocycles. The zero-order chi connectivity index (χ0) is 23.5. The molecule has 0 aromatic carbocycles. The Bertz CT molecular complexity index is 1160. The maximum Gasteiger partial charge on any atom is 0.213 e. The van der Waals surface area contributed by atoms with Crippen molar-refractivity contribution in [1.29, 1.82) is 0 Å². The lowest BCUT2D eigenvalue weighted by molar-refractivity contribution is 0.0402. The Morgan fingerprint density at radius 3 is 2.88 bits per heavy atom. The van der Waals surface area contributed by atoms with E-state index >= 15 is 0 Å². The molecule has 2 atom stereocenters. The number of hydrogen-bond donors (Lipinski definition) is 2. The Morgan fingerprint density at radius 2 is 2.06 bits per heavy atom. The number of aliphatic hydroxyl groups is 1. The van der Waals surface area contributed by atoms with Gasteiger partial charge in [0.25, 0.3) is 0 Å². The predicted molar refractivity (Wildman–Crippen MR) is 123 cm³/mol. The lowest BCUT2D eigenvalue weighted by atomic mass is 10.0. The van der Waals surface area contributed by atoms with Gasteiger partial charge in [-0.15, -0.1) is 0 Å². The van der Waals surface area contributed by atoms with Crippen molar-refractivity contribution in [1.82, 2.24) is 25.2 Å². The van der Waals surface area contributed by atoms with Crippen molar-refractivity contribution in [3.63, 3.8) is 0 Å². The van der Waals surface area contributed by atoms with Gasteiger partial charge in [-0.05, 0) is 25.5 Å². The Labute approximate surface area is 196 Å². The van der Waals surface area contributed by atoms with E-state index < -0.39 is 6.10 Å². The zero-order valence-electron chi connectivity index (χ0n) is 19.0. The molecule has 180 valence electrons. The average Bonchev–Trinajstić information content (AvgIpc) is 2.87. The Balaban J connectivity index is 1.16. The van der Waals surface area contributed by atoms with Gasteiger partial charge < -0.3 is 29.5 Å². The smallest absolute Gasteiger partial charge is 0.213 e. The van der Waals surface area contributed by atoms with Crippen LogP contribution in [0.3, 0.4) is 0 Å². The summed E-state index contributed by atoms with van der Waals surface area (Å²) in [6.45, 7) is 3.51. The highest BCUT2D eigenvalue weighted by Crippen LogP contribution is 2.29. The normalized spacial score (nSPS) is 20.4. The summed E-state index contributed by atoms with van der Waals surface area (Å²) in [6, 6.07) is 5.32. The molecule has 9 nitrogen and oxygen atoms in total. The number of aromatic nitrogens is 3. The van der Waals surface area contributed by atoms with Crippen molar-refractivity contribution in [3.8, 4) is 17.4 Å². The molecule has 0 radical (unpaired) electrons. The maximum absolute atomic E-state index is 14.6. The Kier molecular flexibility index (Phi) is 6.70. The number of β-amino-alcohol motifs (C(OH)–C–C–N with tert-alkyl or cyclic N) is 1. The average molecular weight is 470 g/mol. The van der Waals surface area contributed by atoms with Gasteiger partial charge in [0.2, 0.25) is 5.88 Å². The molecule has 0 bridgehead atoms. The molecule has 5 rings (SSSR count). The summed E-state index contributed by atoms with van der Waals surface area (Å²) < 4.78 is 30.9. The molecule has 1 fully saturated rings. The molecule has 2 aliphatic rings. The second kappa shape index (κ2) is 10.0. The number of halogens is 1. The van der Waals surface area contributed by atoms with Gasteiger partial charge in [-0.3, -0.25) is 9.97 Å². The molecule has 3 aromatic rings. The van der Waals surface area contributed by atoms with Crippen molar-refractivity contribution in [2.45, 2.75) is 31.5 Å². The summed E-state index contributed by atoms with van der Waals surface area (Å²) in [5.41, 5.74) is 2.50. The van der Waals surface area contributed by atoms with Gasteiger partial charge in [-0.1, -0.05) is 0 Å². The van der Waals surface area contributed by atoms with Gasteiger partial charge in [0.1, 0.15) is 19.0 Å². The second-order valence-electron chi connectivity index (χ2n) is 8.52. The van der Waals surface area contributed by atoms with E-state index in [1.807, 2.05) is 6.07 Å². The number of piperidine rings is 1. The minimum Gasteiger partial charge on any atom is -0.486 e. The van der Waals surface area contributed by atoms with Crippen LogP contribution in [0.5, 0.6) is 17.4 Å². The number of hydrogen-bond acceptors (Lipinski definition) is 9. The number of pyridine rings is 3. The van der Waals surface area contributed by atoms with Crippen molar-refractivity contribution in [3.05, 3.63) is 47.7 Å². The minimum atomic E-state index is -0.539. The van der Waals surface area contributed by atoms with Gasteiger partial charge in [0.05, 0.1) is 42.3 Å². The van der Waals surface area contributed by atoms with Gasteiger partial charge in [0, 0.05) is 43.4 Å². The fourth-order valence-electron chi connectivity index (χ4n) is 4.46. The fourth-order valence-corrected chi connectivity index (χ4v) is 4.46. The fraction of sp³-hybridized carbons (Fsp3) is 0.458. The number of fused-ring (bicyclic) bond motifs is 2. The largest absolute Gasteiger partial charge is 0.486 e. The van der Waals surface area contributed by atoms with Crippen LogP contribution in [0.15, 0.2) is 30.6 Å². The van der Waals surface area contributed by atoms with Gasteiger partial charge in [-0.2, -0.15) is 0 Å². The van der Waals surface area contributed by atoms with Crippen LogP contribution in [-0.2, 0) is 13.0 Å². The number of methoxy groups -OCH3 is 1. The topological polar surface area (TPSA) is 102 Å². The summed E-state index contributed by atoms with van der Waals surface area (Å²) in [6.07, 6.45) is 3.62.